The van der Waals surface area contributed by atoms with Crippen LogP contribution in [-0.4, -0.2) is 26.4 Å². The molecule has 2 aliphatic rings. The topological polar surface area (TPSA) is 124 Å². The van der Waals surface area contributed by atoms with Gasteiger partial charge in [-0.1, -0.05) is 36.4 Å². The van der Waals surface area contributed by atoms with Gasteiger partial charge in [-0.15, -0.1) is 0 Å². The maximum atomic E-state index is 12.8. The molecule has 1 atom stereocenters. The minimum Gasteiger partial charge on any atom is -0.278 e. The fourth-order valence-electron chi connectivity index (χ4n) is 2.75. The van der Waals surface area contributed by atoms with Crippen molar-refractivity contribution in [2.45, 2.75) is 5.54 Å². The van der Waals surface area contributed by atoms with E-state index in [1.165, 1.54) is 42.5 Å². The van der Waals surface area contributed by atoms with E-state index in [1.807, 2.05) is 0 Å². The number of carbonyl (C=O) groups is 2. The highest BCUT2D eigenvalue weighted by molar-refractivity contribution is 6.19. The van der Waals surface area contributed by atoms with Crippen LogP contribution in [0.3, 0.4) is 0 Å². The summed E-state index contributed by atoms with van der Waals surface area (Å²) in [6, 6.07) is 6.83. The quantitative estimate of drug-likeness (QED) is 0.466. The summed E-state index contributed by atoms with van der Waals surface area (Å²) in [7, 11) is 0. The molecule has 2 aliphatic heterocycles. The van der Waals surface area contributed by atoms with Crippen LogP contribution in [0.25, 0.3) is 0 Å². The predicted octanol–water partition coefficient (Wildman–Crippen LogP) is 1.14. The third-order valence-electron chi connectivity index (χ3n) is 3.82. The Labute approximate surface area is 134 Å². The molecule has 0 fully saturated rings. The molecule has 9 nitrogen and oxygen atoms in total. The van der Waals surface area contributed by atoms with E-state index in [0.29, 0.717) is 0 Å². The molecule has 0 spiro atoms. The Hall–Kier alpha value is -3.62. The van der Waals surface area contributed by atoms with Crippen molar-refractivity contribution in [1.29, 1.82) is 0 Å². The lowest BCUT2D eigenvalue weighted by atomic mass is 9.80. The van der Waals surface area contributed by atoms with E-state index in [1.54, 1.807) is 6.07 Å². The van der Waals surface area contributed by atoms with Crippen molar-refractivity contribution in [3.63, 3.8) is 0 Å². The van der Waals surface area contributed by atoms with Gasteiger partial charge >= 0.3 is 22.9 Å². The maximum absolute atomic E-state index is 12.8. The van der Waals surface area contributed by atoms with Gasteiger partial charge in [-0.3, -0.25) is 34.7 Å². The number of nitrogens with zero attached hydrogens (tertiary/aromatic N) is 3. The van der Waals surface area contributed by atoms with E-state index in [2.05, 4.69) is 0 Å². The lowest BCUT2D eigenvalue weighted by Gasteiger charge is -2.32. The number of benzene rings is 1. The average Bonchev–Trinajstić information content (AvgIpc) is 2.56. The summed E-state index contributed by atoms with van der Waals surface area (Å²) in [4.78, 5) is 47.4. The zero-order valence-electron chi connectivity index (χ0n) is 12.0. The van der Waals surface area contributed by atoms with Crippen LogP contribution in [-0.2, 0) is 15.1 Å². The average molecular weight is 327 g/mol. The van der Waals surface area contributed by atoms with E-state index in [-0.39, 0.29) is 11.3 Å². The first kappa shape index (κ1) is 15.3. The van der Waals surface area contributed by atoms with Crippen LogP contribution in [0.15, 0.2) is 66.2 Å². The van der Waals surface area contributed by atoms with E-state index in [9.17, 15) is 29.8 Å². The monoisotopic (exact) mass is 327 g/mol. The molecule has 24 heavy (non-hydrogen) atoms. The van der Waals surface area contributed by atoms with Crippen molar-refractivity contribution < 1.29 is 19.4 Å². The minimum atomic E-state index is -2.89. The second-order valence-corrected chi connectivity index (χ2v) is 5.03. The maximum Gasteiger partial charge on any atom is 0.392 e. The fourth-order valence-corrected chi connectivity index (χ4v) is 2.75. The Balaban J connectivity index is 2.38. The van der Waals surface area contributed by atoms with Gasteiger partial charge in [-0.2, -0.15) is 0 Å². The predicted molar refractivity (Wildman–Crippen MR) is 79.3 cm³/mol. The first-order chi connectivity index (χ1) is 11.4. The minimum absolute atomic E-state index is 0.230. The van der Waals surface area contributed by atoms with Crippen molar-refractivity contribution in [2.75, 3.05) is 0 Å². The molecular weight excluding hydrogens is 318 g/mol. The molecule has 2 heterocycles. The third-order valence-corrected chi connectivity index (χ3v) is 3.82. The molecule has 120 valence electrons. The molecule has 0 N–H and O–H groups in total. The van der Waals surface area contributed by atoms with Crippen LogP contribution < -0.4 is 0 Å². The van der Waals surface area contributed by atoms with Crippen LogP contribution in [0, 0.1) is 20.2 Å². The summed E-state index contributed by atoms with van der Waals surface area (Å²) in [5.41, 5.74) is -4.39. The lowest BCUT2D eigenvalue weighted by Crippen LogP contribution is -2.60. The standard InChI is InChI=1S/C15H9N3O6/c19-13-12(17(21)22)11-8-4-5-9-16(11)14(20)15(13,18(23)24)10-6-2-1-3-7-10/h1-9H. The van der Waals surface area contributed by atoms with Crippen molar-refractivity contribution in [2.24, 2.45) is 0 Å². The number of hydrogen-bond donors (Lipinski definition) is 0. The first-order valence-electron chi connectivity index (χ1n) is 6.74. The van der Waals surface area contributed by atoms with Gasteiger partial charge in [0.1, 0.15) is 5.70 Å². The number of ketones is 1. The number of rotatable bonds is 3. The van der Waals surface area contributed by atoms with Gasteiger partial charge in [0.05, 0.1) is 9.85 Å². The number of allylic oxidation sites excluding steroid dienone is 3. The Bertz CT molecular complexity index is 870. The molecule has 1 amide bonds. The van der Waals surface area contributed by atoms with E-state index < -0.39 is 32.8 Å². The highest BCUT2D eigenvalue weighted by Gasteiger charge is 2.68. The number of Topliss-reactive ketones (excluding diaryl/α,β-unsaturated/α-hetero) is 1. The molecule has 9 heteroatoms. The van der Waals surface area contributed by atoms with Gasteiger partial charge in [-0.05, 0) is 12.2 Å². The number of fused-ring (bicyclic) bond motifs is 1. The Kier molecular flexibility index (Phi) is 3.33. The Morgan fingerprint density at radius 1 is 1.00 bits per heavy atom. The van der Waals surface area contributed by atoms with Crippen molar-refractivity contribution in [1.82, 2.24) is 4.90 Å². The van der Waals surface area contributed by atoms with E-state index >= 15 is 0 Å². The molecule has 0 radical (unpaired) electrons. The van der Waals surface area contributed by atoms with Gasteiger partial charge in [-0.25, -0.2) is 0 Å². The highest BCUT2D eigenvalue weighted by atomic mass is 16.6. The van der Waals surface area contributed by atoms with Crippen LogP contribution >= 0.6 is 0 Å². The summed E-state index contributed by atoms with van der Waals surface area (Å²) >= 11 is 0. The van der Waals surface area contributed by atoms with Gasteiger partial charge in [0.2, 0.25) is 0 Å². The Morgan fingerprint density at radius 3 is 2.25 bits per heavy atom. The van der Waals surface area contributed by atoms with Crippen molar-refractivity contribution >= 4 is 11.7 Å². The molecule has 0 aliphatic carbocycles. The summed E-state index contributed by atoms with van der Waals surface area (Å²) in [5, 5.41) is 23.2. The summed E-state index contributed by atoms with van der Waals surface area (Å²) in [6.07, 6.45) is 5.15. The second kappa shape index (κ2) is 5.23. The highest BCUT2D eigenvalue weighted by Crippen LogP contribution is 2.39. The molecule has 0 aromatic heterocycles. The van der Waals surface area contributed by atoms with Gasteiger partial charge in [0.15, 0.2) is 0 Å². The SMILES string of the molecule is O=C1C([N+](=O)[O-])=C2C=CC=CN2C(=O)C1(c1ccccc1)[N+](=O)[O-]. The van der Waals surface area contributed by atoms with Crippen LogP contribution in [0.1, 0.15) is 5.56 Å². The molecule has 1 unspecified atom stereocenters. The number of hydrogen-bond acceptors (Lipinski definition) is 6. The van der Waals surface area contributed by atoms with Crippen molar-refractivity contribution in [3.05, 3.63) is 91.9 Å². The number of amides is 1. The van der Waals surface area contributed by atoms with Crippen LogP contribution in [0.2, 0.25) is 0 Å². The summed E-state index contributed by atoms with van der Waals surface area (Å²) in [5.74, 6) is -2.62. The molecule has 0 saturated heterocycles. The fraction of sp³-hybridized carbons (Fsp3) is 0.0667. The van der Waals surface area contributed by atoms with Crippen LogP contribution in [0.4, 0.5) is 0 Å². The zero-order chi connectivity index (χ0) is 17.5. The first-order valence-corrected chi connectivity index (χ1v) is 6.74. The molecule has 1 aromatic rings. The third kappa shape index (κ3) is 1.81. The van der Waals surface area contributed by atoms with Crippen LogP contribution in [0.5, 0.6) is 0 Å². The largest absolute Gasteiger partial charge is 0.392 e. The van der Waals surface area contributed by atoms with Gasteiger partial charge < -0.3 is 0 Å². The normalized spacial score (nSPS) is 22.6. The van der Waals surface area contributed by atoms with E-state index in [0.717, 1.165) is 11.1 Å². The summed E-state index contributed by atoms with van der Waals surface area (Å²) in [6.45, 7) is 0. The van der Waals surface area contributed by atoms with E-state index in [4.69, 9.17) is 0 Å². The zero-order valence-corrected chi connectivity index (χ0v) is 12.0. The molecule has 1 aromatic carbocycles. The van der Waals surface area contributed by atoms with Gasteiger partial charge in [0, 0.05) is 11.8 Å². The molecule has 0 bridgehead atoms. The molecular formula is C15H9N3O6. The second-order valence-electron chi connectivity index (χ2n) is 5.03. The molecule has 0 saturated carbocycles. The Morgan fingerprint density at radius 2 is 1.67 bits per heavy atom. The smallest absolute Gasteiger partial charge is 0.278 e. The van der Waals surface area contributed by atoms with Crippen molar-refractivity contribution in [3.8, 4) is 0 Å². The number of nitro groups is 2. The lowest BCUT2D eigenvalue weighted by molar-refractivity contribution is -0.547. The molecule has 3 rings (SSSR count). The summed E-state index contributed by atoms with van der Waals surface area (Å²) < 4.78 is 0. The number of carbonyl (C=O) groups excluding carboxylic acids is 2. The van der Waals surface area contributed by atoms with Gasteiger partial charge in [0.25, 0.3) is 0 Å².